The zero-order chi connectivity index (χ0) is 31.3. The molecule has 3 heterocycles. The zero-order valence-electron chi connectivity index (χ0n) is 25.4. The number of fused-ring (bicyclic) bond motifs is 9. The second-order valence-electron chi connectivity index (χ2n) is 12.4. The summed E-state index contributed by atoms with van der Waals surface area (Å²) >= 11 is 1.80. The Morgan fingerprint density at radius 2 is 1.08 bits per heavy atom. The van der Waals surface area contributed by atoms with Gasteiger partial charge in [-0.1, -0.05) is 109 Å². The molecule has 0 unspecified atom stereocenters. The Morgan fingerprint density at radius 1 is 0.396 bits per heavy atom. The highest BCUT2D eigenvalue weighted by Gasteiger charge is 2.25. The first-order valence-electron chi connectivity index (χ1n) is 16.0. The van der Waals surface area contributed by atoms with Crippen LogP contribution >= 0.6 is 11.3 Å². The molecule has 48 heavy (non-hydrogen) atoms. The number of aromatic nitrogens is 3. The highest BCUT2D eigenvalue weighted by Crippen LogP contribution is 2.50. The second kappa shape index (κ2) is 9.67. The van der Waals surface area contributed by atoms with Crippen molar-refractivity contribution in [3.63, 3.8) is 0 Å². The van der Waals surface area contributed by atoms with Crippen LogP contribution in [0.3, 0.4) is 0 Å². The molecule has 5 heteroatoms. The van der Waals surface area contributed by atoms with Crippen molar-refractivity contribution in [2.24, 2.45) is 0 Å². The normalized spacial score (nSPS) is 12.2. The average molecular weight is 630 g/mol. The lowest BCUT2D eigenvalue weighted by Crippen LogP contribution is -2.00. The van der Waals surface area contributed by atoms with Gasteiger partial charge < -0.3 is 4.42 Å². The number of hydrogen-bond acceptors (Lipinski definition) is 5. The number of thiophene rings is 1. The van der Waals surface area contributed by atoms with Gasteiger partial charge in [-0.3, -0.25) is 0 Å². The summed E-state index contributed by atoms with van der Waals surface area (Å²) in [6, 6.07) is 49.0. The van der Waals surface area contributed by atoms with Gasteiger partial charge in [0.25, 0.3) is 0 Å². The van der Waals surface area contributed by atoms with Crippen LogP contribution in [0.2, 0.25) is 0 Å². The molecule has 0 aliphatic heterocycles. The van der Waals surface area contributed by atoms with Gasteiger partial charge in [0.2, 0.25) is 0 Å². The Balaban J connectivity index is 1.15. The average Bonchev–Trinajstić information content (AvgIpc) is 3.81. The first-order chi connectivity index (χ1) is 23.8. The number of furan rings is 1. The predicted octanol–water partition coefficient (Wildman–Crippen LogP) is 11.9. The lowest BCUT2D eigenvalue weighted by Gasteiger charge is -2.09. The Labute approximate surface area is 278 Å². The molecular weight excluding hydrogens is 607 g/mol. The minimum atomic E-state index is 0.620. The molecule has 4 nitrogen and oxygen atoms in total. The van der Waals surface area contributed by atoms with Crippen LogP contribution in [0.1, 0.15) is 0 Å². The zero-order valence-corrected chi connectivity index (χ0v) is 26.3. The molecule has 222 valence electrons. The van der Waals surface area contributed by atoms with Crippen molar-refractivity contribution >= 4 is 64.2 Å². The predicted molar refractivity (Wildman–Crippen MR) is 198 cm³/mol. The number of rotatable bonds is 3. The summed E-state index contributed by atoms with van der Waals surface area (Å²) in [4.78, 5) is 15.3. The maximum absolute atomic E-state index is 6.57. The maximum atomic E-state index is 6.57. The first kappa shape index (κ1) is 26.0. The van der Waals surface area contributed by atoms with Crippen molar-refractivity contribution in [1.29, 1.82) is 0 Å². The van der Waals surface area contributed by atoms with E-state index in [4.69, 9.17) is 19.4 Å². The van der Waals surface area contributed by atoms with E-state index in [2.05, 4.69) is 97.1 Å². The number of hydrogen-bond donors (Lipinski definition) is 0. The molecule has 1 aliphatic rings. The van der Waals surface area contributed by atoms with E-state index in [-0.39, 0.29) is 0 Å². The molecule has 0 saturated heterocycles. The molecular formula is C43H23N3OS. The molecule has 11 rings (SSSR count). The molecule has 0 radical (unpaired) electrons. The molecule has 10 aromatic rings. The third kappa shape index (κ3) is 3.68. The van der Waals surface area contributed by atoms with Crippen LogP contribution in [-0.2, 0) is 0 Å². The summed E-state index contributed by atoms with van der Waals surface area (Å²) < 4.78 is 9.06. The molecule has 0 amide bonds. The highest BCUT2D eigenvalue weighted by molar-refractivity contribution is 7.25. The Kier molecular flexibility index (Phi) is 5.23. The topological polar surface area (TPSA) is 51.8 Å². The van der Waals surface area contributed by atoms with Crippen molar-refractivity contribution in [2.45, 2.75) is 0 Å². The first-order valence-corrected chi connectivity index (χ1v) is 16.8. The quantitative estimate of drug-likeness (QED) is 0.195. The molecule has 0 spiro atoms. The van der Waals surface area contributed by atoms with Crippen LogP contribution in [0.25, 0.3) is 109 Å². The third-order valence-electron chi connectivity index (χ3n) is 9.67. The van der Waals surface area contributed by atoms with E-state index in [1.807, 2.05) is 42.5 Å². The summed E-state index contributed by atoms with van der Waals surface area (Å²) in [5, 5.41) is 7.14. The minimum absolute atomic E-state index is 0.620. The third-order valence-corrected chi connectivity index (χ3v) is 10.8. The van der Waals surface area contributed by atoms with Crippen molar-refractivity contribution < 1.29 is 4.42 Å². The molecule has 7 aromatic carbocycles. The van der Waals surface area contributed by atoms with Gasteiger partial charge >= 0.3 is 0 Å². The van der Waals surface area contributed by atoms with Crippen molar-refractivity contribution in [3.05, 3.63) is 140 Å². The van der Waals surface area contributed by atoms with Gasteiger partial charge in [0, 0.05) is 47.6 Å². The molecule has 0 bridgehead atoms. The molecule has 0 saturated carbocycles. The Bertz CT molecular complexity index is 2950. The van der Waals surface area contributed by atoms with Crippen LogP contribution in [-0.4, -0.2) is 15.0 Å². The summed E-state index contributed by atoms with van der Waals surface area (Å²) in [5.41, 5.74) is 9.44. The smallest absolute Gasteiger partial charge is 0.164 e. The van der Waals surface area contributed by atoms with Gasteiger partial charge in [0.1, 0.15) is 11.2 Å². The van der Waals surface area contributed by atoms with Gasteiger partial charge in [-0.25, -0.2) is 15.0 Å². The van der Waals surface area contributed by atoms with Gasteiger partial charge in [-0.15, -0.1) is 11.3 Å². The molecule has 3 aromatic heterocycles. The largest absolute Gasteiger partial charge is 0.456 e. The van der Waals surface area contributed by atoms with E-state index >= 15 is 0 Å². The van der Waals surface area contributed by atoms with E-state index in [1.54, 1.807) is 11.3 Å². The van der Waals surface area contributed by atoms with Crippen molar-refractivity contribution in [3.8, 4) is 56.4 Å². The summed E-state index contributed by atoms with van der Waals surface area (Å²) in [6.07, 6.45) is 0. The summed E-state index contributed by atoms with van der Waals surface area (Å²) in [7, 11) is 0. The summed E-state index contributed by atoms with van der Waals surface area (Å²) in [6.45, 7) is 0. The highest BCUT2D eigenvalue weighted by atomic mass is 32.1. The molecule has 0 N–H and O–H groups in total. The van der Waals surface area contributed by atoms with Gasteiger partial charge in [0.05, 0.1) is 0 Å². The van der Waals surface area contributed by atoms with E-state index in [0.29, 0.717) is 17.5 Å². The molecule has 0 atom stereocenters. The fraction of sp³-hybridized carbons (Fsp3) is 0. The van der Waals surface area contributed by atoms with E-state index in [0.717, 1.165) is 38.6 Å². The SMILES string of the molecule is c1ccc(-c2nc(-c3ccc4c(c3)sc3ccccc34)nc(-c3cccc4oc5cc6c(cc5c34)-c3cccc4cccc-6c34)n2)cc1. The second-order valence-corrected chi connectivity index (χ2v) is 13.4. The van der Waals surface area contributed by atoms with Crippen LogP contribution in [0.4, 0.5) is 0 Å². The number of nitrogens with zero attached hydrogens (tertiary/aromatic N) is 3. The standard InChI is InChI=1S/C43H23N3OS/c1-2-9-25(10-3-1)41-44-42(26-19-20-28-27-13-4-5-18-37(27)48-38(28)21-26)46-43(45-41)31-16-8-17-35-40(31)34-22-32-29-14-6-11-24-12-7-15-30(39(24)29)33(32)23-36(34)47-35/h1-23H. The van der Waals surface area contributed by atoms with E-state index in [1.165, 1.54) is 53.2 Å². The summed E-state index contributed by atoms with van der Waals surface area (Å²) in [5.74, 6) is 1.90. The fourth-order valence-electron chi connectivity index (χ4n) is 7.50. The number of benzene rings is 7. The Morgan fingerprint density at radius 3 is 1.94 bits per heavy atom. The van der Waals surface area contributed by atoms with Crippen molar-refractivity contribution in [1.82, 2.24) is 15.0 Å². The van der Waals surface area contributed by atoms with Crippen molar-refractivity contribution in [2.75, 3.05) is 0 Å². The van der Waals surface area contributed by atoms with Gasteiger partial charge in [0.15, 0.2) is 17.5 Å². The fourth-order valence-corrected chi connectivity index (χ4v) is 8.65. The molecule has 0 fully saturated rings. The lowest BCUT2D eigenvalue weighted by atomic mass is 9.99. The maximum Gasteiger partial charge on any atom is 0.164 e. The van der Waals surface area contributed by atoms with Gasteiger partial charge in [-0.2, -0.15) is 0 Å². The molecule has 1 aliphatic carbocycles. The van der Waals surface area contributed by atoms with E-state index in [9.17, 15) is 0 Å². The minimum Gasteiger partial charge on any atom is -0.456 e. The lowest BCUT2D eigenvalue weighted by molar-refractivity contribution is 0.669. The van der Waals surface area contributed by atoms with Gasteiger partial charge in [-0.05, 0) is 63.4 Å². The van der Waals surface area contributed by atoms with Crippen LogP contribution in [0.15, 0.2) is 144 Å². The Hall–Kier alpha value is -6.17. The van der Waals surface area contributed by atoms with Crippen LogP contribution in [0.5, 0.6) is 0 Å². The van der Waals surface area contributed by atoms with E-state index < -0.39 is 0 Å². The van der Waals surface area contributed by atoms with Crippen LogP contribution in [0, 0.1) is 0 Å². The monoisotopic (exact) mass is 629 g/mol. The van der Waals surface area contributed by atoms with Crippen LogP contribution < -0.4 is 0 Å².